The van der Waals surface area contributed by atoms with E-state index in [9.17, 15) is 4.79 Å². The maximum Gasteiger partial charge on any atom is 0.254 e. The van der Waals surface area contributed by atoms with Crippen LogP contribution in [0.5, 0.6) is 0 Å². The number of carbonyl (C=O) groups is 1. The summed E-state index contributed by atoms with van der Waals surface area (Å²) < 4.78 is 5.54. The van der Waals surface area contributed by atoms with Gasteiger partial charge < -0.3 is 9.64 Å². The maximum atomic E-state index is 12.8. The van der Waals surface area contributed by atoms with Gasteiger partial charge in [0, 0.05) is 25.3 Å². The maximum absolute atomic E-state index is 12.8. The number of amides is 1. The van der Waals surface area contributed by atoms with E-state index in [1.165, 1.54) is 37.9 Å². The predicted molar refractivity (Wildman–Crippen MR) is 96.1 cm³/mol. The number of piperidine rings is 1. The lowest BCUT2D eigenvalue weighted by atomic mass is 10.1. The Kier molecular flexibility index (Phi) is 6.27. The number of carbonyl (C=O) groups excluding carboxylic acids is 1. The van der Waals surface area contributed by atoms with Crippen molar-refractivity contribution in [1.82, 2.24) is 9.80 Å². The van der Waals surface area contributed by atoms with Crippen molar-refractivity contribution in [3.8, 4) is 0 Å². The molecule has 1 aromatic rings. The van der Waals surface area contributed by atoms with Crippen molar-refractivity contribution in [2.24, 2.45) is 0 Å². The minimum Gasteiger partial charge on any atom is -0.380 e. The molecule has 0 saturated carbocycles. The fraction of sp³-hybridized carbons (Fsp3) is 0.650. The third-order valence-electron chi connectivity index (χ3n) is 5.21. The molecule has 2 aliphatic rings. The lowest BCUT2D eigenvalue weighted by Crippen LogP contribution is -2.38. The molecule has 2 fully saturated rings. The second-order valence-electron chi connectivity index (χ2n) is 6.99. The van der Waals surface area contributed by atoms with Crippen molar-refractivity contribution in [2.45, 2.75) is 51.6 Å². The molecule has 0 aliphatic carbocycles. The number of nitrogens with zero attached hydrogens (tertiary/aromatic N) is 2. The Morgan fingerprint density at radius 1 is 1.08 bits per heavy atom. The first kappa shape index (κ1) is 17.4. The summed E-state index contributed by atoms with van der Waals surface area (Å²) >= 11 is 0. The molecular weight excluding hydrogens is 300 g/mol. The van der Waals surface area contributed by atoms with Crippen LogP contribution in [0.25, 0.3) is 0 Å². The van der Waals surface area contributed by atoms with Crippen molar-refractivity contribution >= 4 is 5.91 Å². The fourth-order valence-electron chi connectivity index (χ4n) is 3.82. The van der Waals surface area contributed by atoms with E-state index < -0.39 is 0 Å². The summed E-state index contributed by atoms with van der Waals surface area (Å²) in [6.07, 6.45) is 6.12. The van der Waals surface area contributed by atoms with Crippen LogP contribution >= 0.6 is 0 Å². The molecule has 24 heavy (non-hydrogen) atoms. The highest BCUT2D eigenvalue weighted by Gasteiger charge is 2.29. The van der Waals surface area contributed by atoms with Crippen LogP contribution < -0.4 is 0 Å². The highest BCUT2D eigenvalue weighted by Crippen LogP contribution is 2.21. The van der Waals surface area contributed by atoms with Crippen molar-refractivity contribution < 1.29 is 9.53 Å². The van der Waals surface area contributed by atoms with Gasteiger partial charge in [-0.2, -0.15) is 0 Å². The summed E-state index contributed by atoms with van der Waals surface area (Å²) in [7, 11) is 0. The summed E-state index contributed by atoms with van der Waals surface area (Å²) in [6, 6.07) is 8.48. The summed E-state index contributed by atoms with van der Waals surface area (Å²) in [5, 5.41) is 0. The molecule has 2 aliphatic heterocycles. The first-order valence-corrected chi connectivity index (χ1v) is 9.48. The second kappa shape index (κ2) is 8.63. The van der Waals surface area contributed by atoms with Gasteiger partial charge in [0.2, 0.25) is 0 Å². The minimum absolute atomic E-state index is 0.154. The lowest BCUT2D eigenvalue weighted by molar-refractivity contribution is 0.0564. The van der Waals surface area contributed by atoms with E-state index in [1.807, 2.05) is 24.0 Å². The molecule has 2 heterocycles. The molecule has 2 saturated heterocycles. The largest absolute Gasteiger partial charge is 0.380 e. The molecule has 1 atom stereocenters. The SMILES string of the molecule is CCOC[C@@H]1CCCN1C(=O)c1ccc(CN2CCCCC2)cc1. The molecule has 0 unspecified atom stereocenters. The quantitative estimate of drug-likeness (QED) is 0.802. The van der Waals surface area contributed by atoms with Crippen molar-refractivity contribution in [2.75, 3.05) is 32.8 Å². The van der Waals surface area contributed by atoms with Gasteiger partial charge in [-0.3, -0.25) is 9.69 Å². The smallest absolute Gasteiger partial charge is 0.254 e. The zero-order chi connectivity index (χ0) is 16.8. The van der Waals surface area contributed by atoms with Crippen LogP contribution in [-0.2, 0) is 11.3 Å². The lowest BCUT2D eigenvalue weighted by Gasteiger charge is -2.27. The third-order valence-corrected chi connectivity index (χ3v) is 5.21. The van der Waals surface area contributed by atoms with Crippen molar-refractivity contribution in [3.63, 3.8) is 0 Å². The first-order valence-electron chi connectivity index (χ1n) is 9.48. The molecule has 0 bridgehead atoms. The Morgan fingerprint density at radius 2 is 1.83 bits per heavy atom. The van der Waals surface area contributed by atoms with Gasteiger partial charge in [0.1, 0.15) is 0 Å². The zero-order valence-electron chi connectivity index (χ0n) is 14.9. The Bertz CT molecular complexity index is 523. The molecule has 0 spiro atoms. The van der Waals surface area contributed by atoms with Gasteiger partial charge in [-0.1, -0.05) is 18.6 Å². The molecule has 4 heteroatoms. The van der Waals surface area contributed by atoms with Crippen LogP contribution in [0.2, 0.25) is 0 Å². The number of likely N-dealkylation sites (tertiary alicyclic amines) is 2. The van der Waals surface area contributed by atoms with Gasteiger partial charge in [0.15, 0.2) is 0 Å². The fourth-order valence-corrected chi connectivity index (χ4v) is 3.82. The van der Waals surface area contributed by atoms with Gasteiger partial charge in [0.05, 0.1) is 12.6 Å². The highest BCUT2D eigenvalue weighted by molar-refractivity contribution is 5.94. The predicted octanol–water partition coefficient (Wildman–Crippen LogP) is 3.31. The van der Waals surface area contributed by atoms with E-state index in [2.05, 4.69) is 17.0 Å². The van der Waals surface area contributed by atoms with Gasteiger partial charge in [-0.15, -0.1) is 0 Å². The first-order chi connectivity index (χ1) is 11.8. The zero-order valence-corrected chi connectivity index (χ0v) is 14.9. The van der Waals surface area contributed by atoms with E-state index in [-0.39, 0.29) is 11.9 Å². The van der Waals surface area contributed by atoms with Crippen LogP contribution in [-0.4, -0.2) is 54.6 Å². The van der Waals surface area contributed by atoms with Crippen LogP contribution in [0.4, 0.5) is 0 Å². The second-order valence-corrected chi connectivity index (χ2v) is 6.99. The number of hydrogen-bond donors (Lipinski definition) is 0. The molecule has 4 nitrogen and oxygen atoms in total. The number of rotatable bonds is 6. The van der Waals surface area contributed by atoms with E-state index in [1.54, 1.807) is 0 Å². The number of hydrogen-bond acceptors (Lipinski definition) is 3. The van der Waals surface area contributed by atoms with Gasteiger partial charge >= 0.3 is 0 Å². The molecule has 0 aromatic heterocycles. The normalized spacial score (nSPS) is 22.0. The summed E-state index contributed by atoms with van der Waals surface area (Å²) in [5.74, 6) is 0.154. The van der Waals surface area contributed by atoms with Gasteiger partial charge in [-0.05, 0) is 63.4 Å². The molecule has 132 valence electrons. The van der Waals surface area contributed by atoms with Gasteiger partial charge in [0.25, 0.3) is 5.91 Å². The summed E-state index contributed by atoms with van der Waals surface area (Å²) in [4.78, 5) is 17.3. The molecular formula is C20H30N2O2. The Hall–Kier alpha value is -1.39. The van der Waals surface area contributed by atoms with Crippen LogP contribution in [0.1, 0.15) is 54.9 Å². The standard InChI is InChI=1S/C20H30N2O2/c1-2-24-16-19-7-6-14-22(19)20(23)18-10-8-17(9-11-18)15-21-12-4-3-5-13-21/h8-11,19H,2-7,12-16H2,1H3/t19-/m0/s1. The number of ether oxygens (including phenoxy) is 1. The minimum atomic E-state index is 0.154. The van der Waals surface area contributed by atoms with Crippen molar-refractivity contribution in [3.05, 3.63) is 35.4 Å². The number of benzene rings is 1. The molecule has 0 N–H and O–H groups in total. The summed E-state index contributed by atoms with van der Waals surface area (Å²) in [5.41, 5.74) is 2.11. The summed E-state index contributed by atoms with van der Waals surface area (Å²) in [6.45, 7) is 7.64. The molecule has 1 amide bonds. The Labute approximate surface area is 145 Å². The molecule has 1 aromatic carbocycles. The highest BCUT2D eigenvalue weighted by atomic mass is 16.5. The Balaban J connectivity index is 1.58. The average Bonchev–Trinajstić information content (AvgIpc) is 3.09. The van der Waals surface area contributed by atoms with Crippen LogP contribution in [0.3, 0.4) is 0 Å². The van der Waals surface area contributed by atoms with E-state index >= 15 is 0 Å². The van der Waals surface area contributed by atoms with E-state index in [4.69, 9.17) is 4.74 Å². The third kappa shape index (κ3) is 4.37. The Morgan fingerprint density at radius 3 is 2.54 bits per heavy atom. The van der Waals surface area contributed by atoms with Gasteiger partial charge in [-0.25, -0.2) is 0 Å². The van der Waals surface area contributed by atoms with E-state index in [0.29, 0.717) is 13.2 Å². The van der Waals surface area contributed by atoms with Crippen LogP contribution in [0, 0.1) is 0 Å². The molecule has 3 rings (SSSR count). The van der Waals surface area contributed by atoms with E-state index in [0.717, 1.165) is 31.5 Å². The van der Waals surface area contributed by atoms with Crippen LogP contribution in [0.15, 0.2) is 24.3 Å². The van der Waals surface area contributed by atoms with Crippen molar-refractivity contribution in [1.29, 1.82) is 0 Å². The topological polar surface area (TPSA) is 32.8 Å². The monoisotopic (exact) mass is 330 g/mol. The molecule has 0 radical (unpaired) electrons. The average molecular weight is 330 g/mol.